The third kappa shape index (κ3) is 5.10. The van der Waals surface area contributed by atoms with Gasteiger partial charge >= 0.3 is 144 Å². The van der Waals surface area contributed by atoms with Gasteiger partial charge in [-0.05, 0) is 0 Å². The minimum absolute atomic E-state index is 0.333. The van der Waals surface area contributed by atoms with Crippen molar-refractivity contribution in [2.75, 3.05) is 11.9 Å². The second-order valence-electron chi connectivity index (χ2n) is 6.75. The molecule has 0 aliphatic carbocycles. The third-order valence-electron chi connectivity index (χ3n) is 3.28. The number of nitrogens with zero attached hydrogens (tertiary/aromatic N) is 4. The maximum atomic E-state index is 12.7. The van der Waals surface area contributed by atoms with E-state index < -0.39 is 37.5 Å². The zero-order valence-corrected chi connectivity index (χ0v) is 17.1. The van der Waals surface area contributed by atoms with Crippen LogP contribution < -0.4 is 9.03 Å². The van der Waals surface area contributed by atoms with Gasteiger partial charge in [-0.25, -0.2) is 0 Å². The molecule has 0 saturated heterocycles. The molecule has 0 aliphatic rings. The first-order valence-corrected chi connectivity index (χ1v) is 17.8. The average Bonchev–Trinajstić information content (AvgIpc) is 2.88. The van der Waals surface area contributed by atoms with Crippen molar-refractivity contribution in [2.24, 2.45) is 0 Å². The van der Waals surface area contributed by atoms with Crippen molar-refractivity contribution in [3.05, 3.63) is 18.5 Å². The second-order valence-corrected chi connectivity index (χ2v) is 20.9. The molecular weight excluding hydrogens is 423 g/mol. The fraction of sp³-hybridized carbons (Fsp3) is 0.533. The molecule has 2 aromatic rings. The molecular formula is C15H23F2N5OSn. The molecule has 24 heavy (non-hydrogen) atoms. The molecule has 6 nitrogen and oxygen atoms in total. The van der Waals surface area contributed by atoms with Crippen LogP contribution in [0.1, 0.15) is 6.92 Å². The van der Waals surface area contributed by atoms with E-state index in [1.807, 2.05) is 0 Å². The summed E-state index contributed by atoms with van der Waals surface area (Å²) in [6.45, 7) is 1.57. The summed E-state index contributed by atoms with van der Waals surface area (Å²) in [5, 5.41) is 16.7. The Morgan fingerprint density at radius 3 is 2.62 bits per heavy atom. The second kappa shape index (κ2) is 7.73. The minimum atomic E-state index is -2.62. The van der Waals surface area contributed by atoms with Crippen molar-refractivity contribution in [3.63, 3.8) is 0 Å². The summed E-state index contributed by atoms with van der Waals surface area (Å²) in [6.07, 6.45) is 0.283. The summed E-state index contributed by atoms with van der Waals surface area (Å²) in [7, 11) is 0. The van der Waals surface area contributed by atoms with Gasteiger partial charge in [0.1, 0.15) is 0 Å². The molecule has 0 bridgehead atoms. The fourth-order valence-corrected chi connectivity index (χ4v) is 6.31. The summed E-state index contributed by atoms with van der Waals surface area (Å²) >= 11 is -2.62. The Bertz CT molecular complexity index is 685. The van der Waals surface area contributed by atoms with E-state index in [1.165, 1.54) is 4.68 Å². The van der Waals surface area contributed by atoms with E-state index in [1.54, 1.807) is 25.4 Å². The first-order chi connectivity index (χ1) is 11.2. The Morgan fingerprint density at radius 1 is 1.33 bits per heavy atom. The van der Waals surface area contributed by atoms with Gasteiger partial charge in [0.15, 0.2) is 0 Å². The van der Waals surface area contributed by atoms with Crippen LogP contribution in [0.3, 0.4) is 0 Å². The molecule has 1 atom stereocenters. The number of rotatable bonds is 7. The number of halogens is 2. The van der Waals surface area contributed by atoms with Crippen molar-refractivity contribution in [1.29, 1.82) is 0 Å². The first-order valence-electron chi connectivity index (χ1n) is 7.78. The van der Waals surface area contributed by atoms with Crippen LogP contribution in [0.5, 0.6) is 0 Å². The molecule has 0 spiro atoms. The summed E-state index contributed by atoms with van der Waals surface area (Å²) in [6, 6.07) is 1.75. The van der Waals surface area contributed by atoms with Crippen LogP contribution in [-0.4, -0.2) is 62.3 Å². The predicted molar refractivity (Wildman–Crippen MR) is 92.4 cm³/mol. The molecule has 2 heterocycles. The van der Waals surface area contributed by atoms with Gasteiger partial charge in [-0.3, -0.25) is 0 Å². The zero-order valence-electron chi connectivity index (χ0n) is 14.3. The molecule has 0 fully saturated rings. The van der Waals surface area contributed by atoms with E-state index in [0.29, 0.717) is 18.2 Å². The van der Waals surface area contributed by atoms with Crippen LogP contribution in [0.25, 0.3) is 11.3 Å². The summed E-state index contributed by atoms with van der Waals surface area (Å²) < 4.78 is 27.6. The van der Waals surface area contributed by atoms with Gasteiger partial charge in [0.05, 0.1) is 0 Å². The number of aliphatic hydroxyl groups excluding tert-OH is 1. The Hall–Kier alpha value is -1.29. The van der Waals surface area contributed by atoms with E-state index in [-0.39, 0.29) is 0 Å². The zero-order chi connectivity index (χ0) is 17.9. The molecule has 9 heteroatoms. The molecule has 2 N–H and O–H groups in total. The van der Waals surface area contributed by atoms with E-state index in [0.717, 1.165) is 9.27 Å². The maximum absolute atomic E-state index is 12.7. The van der Waals surface area contributed by atoms with E-state index >= 15 is 0 Å². The van der Waals surface area contributed by atoms with Crippen molar-refractivity contribution in [3.8, 4) is 11.3 Å². The average molecular weight is 446 g/mol. The van der Waals surface area contributed by atoms with E-state index in [9.17, 15) is 13.9 Å². The standard InChI is InChI=1S/C12H14F2N5O.3CH3.Sn/c1-8(20)4-16-12-15-3-2-10(18-12)9-5-17-19(6-9)7-11(13)14;;;;/h2-3,6,8,11,20H,4,7H2,1H3,(H,15,16,18);3*1H3;/t8-;;;;/m0..../s1. The van der Waals surface area contributed by atoms with Crippen LogP contribution in [0.15, 0.2) is 18.5 Å². The number of aromatic nitrogens is 4. The topological polar surface area (TPSA) is 75.9 Å². The van der Waals surface area contributed by atoms with E-state index in [4.69, 9.17) is 0 Å². The summed E-state index contributed by atoms with van der Waals surface area (Å²) in [4.78, 5) is 15.1. The molecule has 0 aromatic carbocycles. The fourth-order valence-electron chi connectivity index (χ4n) is 2.23. The van der Waals surface area contributed by atoms with Crippen LogP contribution in [0.4, 0.5) is 14.7 Å². The molecule has 2 aromatic heterocycles. The SMILES string of the molecule is C[C@H](O)CNc1nccc(-c2cn(CC(F)F)n[c]2[Sn]([CH3])([CH3])[CH3])n1. The summed E-state index contributed by atoms with van der Waals surface area (Å²) in [5.74, 6) is 0.394. The van der Waals surface area contributed by atoms with Crippen molar-refractivity contribution in [2.45, 2.75) is 40.8 Å². The monoisotopic (exact) mass is 447 g/mol. The van der Waals surface area contributed by atoms with Gasteiger partial charge in [-0.1, -0.05) is 0 Å². The normalized spacial score (nSPS) is 13.3. The quantitative estimate of drug-likeness (QED) is 0.637. The Labute approximate surface area is 144 Å². The predicted octanol–water partition coefficient (Wildman–Crippen LogP) is 1.94. The van der Waals surface area contributed by atoms with Crippen LogP contribution >= 0.6 is 0 Å². The van der Waals surface area contributed by atoms with Crippen molar-refractivity contribution < 1.29 is 13.9 Å². The number of hydrogen-bond acceptors (Lipinski definition) is 5. The van der Waals surface area contributed by atoms with Crippen LogP contribution in [-0.2, 0) is 6.54 Å². The van der Waals surface area contributed by atoms with E-state index in [2.05, 4.69) is 35.2 Å². The molecule has 0 amide bonds. The molecule has 2 rings (SSSR count). The number of hydrogen-bond donors (Lipinski definition) is 2. The molecule has 0 unspecified atom stereocenters. The first kappa shape index (κ1) is 19.0. The van der Waals surface area contributed by atoms with Gasteiger partial charge < -0.3 is 0 Å². The summed E-state index contributed by atoms with van der Waals surface area (Å²) in [5.41, 5.74) is 1.45. The molecule has 0 radical (unpaired) electrons. The Kier molecular flexibility index (Phi) is 6.13. The van der Waals surface area contributed by atoms with Gasteiger partial charge in [-0.2, -0.15) is 0 Å². The van der Waals surface area contributed by atoms with Gasteiger partial charge in [0.2, 0.25) is 0 Å². The number of aliphatic hydroxyl groups is 1. The van der Waals surface area contributed by atoms with Gasteiger partial charge in [0, 0.05) is 0 Å². The van der Waals surface area contributed by atoms with Crippen molar-refractivity contribution in [1.82, 2.24) is 19.7 Å². The third-order valence-corrected chi connectivity index (χ3v) is 8.39. The molecule has 0 aliphatic heterocycles. The Balaban J connectivity index is 2.39. The van der Waals surface area contributed by atoms with Gasteiger partial charge in [-0.15, -0.1) is 0 Å². The Morgan fingerprint density at radius 2 is 2.04 bits per heavy atom. The number of alkyl halides is 2. The number of nitrogens with one attached hydrogen (secondary N) is 1. The van der Waals surface area contributed by atoms with Crippen LogP contribution in [0.2, 0.25) is 14.8 Å². The van der Waals surface area contributed by atoms with Gasteiger partial charge in [0.25, 0.3) is 0 Å². The molecule has 132 valence electrons. The molecule has 0 saturated carbocycles. The van der Waals surface area contributed by atoms with Crippen LogP contribution in [0, 0.1) is 0 Å². The number of anilines is 1. The van der Waals surface area contributed by atoms with Crippen molar-refractivity contribution >= 4 is 28.0 Å².